The number of nitrogens with zero attached hydrogens (tertiary/aromatic N) is 2. The number of phenolic OH excluding ortho intramolecular Hbond substituents is 1. The fraction of sp³-hybridized carbons (Fsp3) is 0.333. The number of phenols is 1. The molecule has 0 saturated carbocycles. The molecule has 1 aliphatic rings. The molecule has 0 unspecified atom stereocenters. The molecule has 2 heterocycles. The molecular formula is C24H28N2O2. The molecule has 0 fully saturated rings. The van der Waals surface area contributed by atoms with Gasteiger partial charge in [-0.15, -0.1) is 0 Å². The summed E-state index contributed by atoms with van der Waals surface area (Å²) in [6.07, 6.45) is 3.25. The van der Waals surface area contributed by atoms with Crippen LogP contribution in [0.4, 0.5) is 0 Å². The van der Waals surface area contributed by atoms with Crippen molar-refractivity contribution < 1.29 is 9.84 Å². The first-order valence-corrected chi connectivity index (χ1v) is 9.89. The first kappa shape index (κ1) is 18.6. The summed E-state index contributed by atoms with van der Waals surface area (Å²) in [4.78, 5) is 2.47. The Morgan fingerprint density at radius 3 is 2.68 bits per heavy atom. The second kappa shape index (κ2) is 7.72. The van der Waals surface area contributed by atoms with Crippen LogP contribution < -0.4 is 4.74 Å². The van der Waals surface area contributed by atoms with Gasteiger partial charge in [0.15, 0.2) is 11.5 Å². The average molecular weight is 377 g/mol. The van der Waals surface area contributed by atoms with Crippen molar-refractivity contribution >= 4 is 0 Å². The molecule has 146 valence electrons. The number of aromatic nitrogens is 1. The molecule has 1 aromatic heterocycles. The van der Waals surface area contributed by atoms with E-state index in [9.17, 15) is 5.11 Å². The Morgan fingerprint density at radius 1 is 1.04 bits per heavy atom. The highest BCUT2D eigenvalue weighted by atomic mass is 16.5. The number of benzene rings is 2. The minimum Gasteiger partial charge on any atom is -0.504 e. The summed E-state index contributed by atoms with van der Waals surface area (Å²) in [5.41, 5.74) is 6.12. The molecule has 0 amide bonds. The SMILES string of the molecule is COc1cccc(CN2CCCn3cccc3[C@@H]2c2ccc(C)c(C)c2)c1O. The maximum Gasteiger partial charge on any atom is 0.162 e. The summed E-state index contributed by atoms with van der Waals surface area (Å²) in [6.45, 7) is 6.99. The van der Waals surface area contributed by atoms with Crippen molar-refractivity contribution in [2.45, 2.75) is 39.4 Å². The number of hydrogen-bond acceptors (Lipinski definition) is 3. The monoisotopic (exact) mass is 376 g/mol. The van der Waals surface area contributed by atoms with Crippen LogP contribution in [0.2, 0.25) is 0 Å². The first-order chi connectivity index (χ1) is 13.6. The van der Waals surface area contributed by atoms with E-state index in [1.54, 1.807) is 13.2 Å². The smallest absolute Gasteiger partial charge is 0.162 e. The van der Waals surface area contributed by atoms with E-state index in [1.807, 2.05) is 12.1 Å². The molecule has 28 heavy (non-hydrogen) atoms. The zero-order valence-corrected chi connectivity index (χ0v) is 16.9. The minimum atomic E-state index is 0.155. The van der Waals surface area contributed by atoms with Crippen molar-refractivity contribution in [1.29, 1.82) is 0 Å². The summed E-state index contributed by atoms with van der Waals surface area (Å²) in [5, 5.41) is 10.6. The fourth-order valence-electron chi connectivity index (χ4n) is 4.20. The molecule has 4 rings (SSSR count). The third kappa shape index (κ3) is 3.40. The van der Waals surface area contributed by atoms with Crippen LogP contribution in [-0.4, -0.2) is 28.2 Å². The molecule has 0 radical (unpaired) electrons. The molecule has 1 aliphatic heterocycles. The van der Waals surface area contributed by atoms with Gasteiger partial charge in [0, 0.05) is 37.1 Å². The summed E-state index contributed by atoms with van der Waals surface area (Å²) in [5.74, 6) is 0.766. The van der Waals surface area contributed by atoms with Crippen LogP contribution in [-0.2, 0) is 13.1 Å². The first-order valence-electron chi connectivity index (χ1n) is 9.89. The molecular weight excluding hydrogens is 348 g/mol. The average Bonchev–Trinajstić information content (AvgIpc) is 3.07. The molecule has 0 saturated heterocycles. The Labute approximate surface area is 167 Å². The lowest BCUT2D eigenvalue weighted by Crippen LogP contribution is -2.29. The van der Waals surface area contributed by atoms with Crippen molar-refractivity contribution in [2.24, 2.45) is 0 Å². The molecule has 4 heteroatoms. The van der Waals surface area contributed by atoms with E-state index in [0.717, 1.165) is 25.1 Å². The number of hydrogen-bond donors (Lipinski definition) is 1. The zero-order valence-electron chi connectivity index (χ0n) is 16.9. The number of aromatic hydroxyl groups is 1. The van der Waals surface area contributed by atoms with Crippen LogP contribution in [0.1, 0.15) is 40.4 Å². The standard InChI is InChI=1S/C24H28N2O2/c1-17-10-11-19(15-18(17)2)23-21-8-5-12-25(21)13-6-14-26(23)16-20-7-4-9-22(28-3)24(20)27/h4-5,7-12,15,23,27H,6,13-14,16H2,1-3H3/t23-/m0/s1. The molecule has 0 aliphatic carbocycles. The second-order valence-electron chi connectivity index (χ2n) is 7.66. The third-order valence-electron chi connectivity index (χ3n) is 5.88. The Balaban J connectivity index is 1.77. The van der Waals surface area contributed by atoms with Gasteiger partial charge in [0.1, 0.15) is 0 Å². The minimum absolute atomic E-state index is 0.155. The van der Waals surface area contributed by atoms with E-state index in [-0.39, 0.29) is 11.8 Å². The number of methoxy groups -OCH3 is 1. The molecule has 0 bridgehead atoms. The summed E-state index contributed by atoms with van der Waals surface area (Å²) in [7, 11) is 1.59. The van der Waals surface area contributed by atoms with Crippen LogP contribution in [0.5, 0.6) is 11.5 Å². The lowest BCUT2D eigenvalue weighted by atomic mass is 9.97. The van der Waals surface area contributed by atoms with Crippen molar-refractivity contribution in [3.63, 3.8) is 0 Å². The second-order valence-corrected chi connectivity index (χ2v) is 7.66. The van der Waals surface area contributed by atoms with Crippen molar-refractivity contribution in [1.82, 2.24) is 9.47 Å². The van der Waals surface area contributed by atoms with Crippen LogP contribution in [0.3, 0.4) is 0 Å². The number of rotatable bonds is 4. The summed E-state index contributed by atoms with van der Waals surface area (Å²) < 4.78 is 7.68. The zero-order chi connectivity index (χ0) is 19.7. The van der Waals surface area contributed by atoms with Gasteiger partial charge in [-0.05, 0) is 55.2 Å². The summed E-state index contributed by atoms with van der Waals surface area (Å²) in [6, 6.07) is 17.0. The molecule has 1 N–H and O–H groups in total. The van der Waals surface area contributed by atoms with Gasteiger partial charge in [0.2, 0.25) is 0 Å². The van der Waals surface area contributed by atoms with Gasteiger partial charge in [-0.25, -0.2) is 0 Å². The van der Waals surface area contributed by atoms with Gasteiger partial charge < -0.3 is 14.4 Å². The van der Waals surface area contributed by atoms with Crippen molar-refractivity contribution in [2.75, 3.05) is 13.7 Å². The molecule has 1 atom stereocenters. The van der Waals surface area contributed by atoms with Gasteiger partial charge in [0.05, 0.1) is 13.2 Å². The number of para-hydroxylation sites is 1. The maximum absolute atomic E-state index is 10.6. The van der Waals surface area contributed by atoms with Gasteiger partial charge >= 0.3 is 0 Å². The van der Waals surface area contributed by atoms with E-state index in [2.05, 4.69) is 59.8 Å². The van der Waals surface area contributed by atoms with E-state index in [4.69, 9.17) is 4.74 Å². The van der Waals surface area contributed by atoms with Gasteiger partial charge in [-0.3, -0.25) is 4.90 Å². The lowest BCUT2D eigenvalue weighted by Gasteiger charge is -2.31. The number of ether oxygens (including phenoxy) is 1. The van der Waals surface area contributed by atoms with Crippen LogP contribution >= 0.6 is 0 Å². The highest BCUT2D eigenvalue weighted by molar-refractivity contribution is 5.45. The highest BCUT2D eigenvalue weighted by Crippen LogP contribution is 2.36. The van der Waals surface area contributed by atoms with Gasteiger partial charge in [-0.2, -0.15) is 0 Å². The predicted molar refractivity (Wildman–Crippen MR) is 112 cm³/mol. The Morgan fingerprint density at radius 2 is 1.89 bits per heavy atom. The summed E-state index contributed by atoms with van der Waals surface area (Å²) >= 11 is 0. The largest absolute Gasteiger partial charge is 0.504 e. The topological polar surface area (TPSA) is 37.6 Å². The van der Waals surface area contributed by atoms with E-state index in [1.165, 1.54) is 22.4 Å². The number of aryl methyl sites for hydroxylation is 3. The van der Waals surface area contributed by atoms with Crippen LogP contribution in [0.25, 0.3) is 0 Å². The van der Waals surface area contributed by atoms with E-state index >= 15 is 0 Å². The normalized spacial score (nSPS) is 17.2. The fourth-order valence-corrected chi connectivity index (χ4v) is 4.20. The Bertz CT molecular complexity index is 976. The highest BCUT2D eigenvalue weighted by Gasteiger charge is 2.28. The van der Waals surface area contributed by atoms with Crippen LogP contribution in [0, 0.1) is 13.8 Å². The molecule has 3 aromatic rings. The number of fused-ring (bicyclic) bond motifs is 1. The maximum atomic E-state index is 10.6. The Kier molecular flexibility index (Phi) is 5.14. The molecule has 2 aromatic carbocycles. The molecule has 0 spiro atoms. The quantitative estimate of drug-likeness (QED) is 0.710. The predicted octanol–water partition coefficient (Wildman–Crippen LogP) is 4.81. The van der Waals surface area contributed by atoms with Crippen molar-refractivity contribution in [3.05, 3.63) is 82.7 Å². The van der Waals surface area contributed by atoms with E-state index < -0.39 is 0 Å². The van der Waals surface area contributed by atoms with E-state index in [0.29, 0.717) is 12.3 Å². The van der Waals surface area contributed by atoms with Gasteiger partial charge in [-0.1, -0.05) is 30.3 Å². The Hall–Kier alpha value is -2.72. The van der Waals surface area contributed by atoms with Crippen LogP contribution in [0.15, 0.2) is 54.7 Å². The van der Waals surface area contributed by atoms with Gasteiger partial charge in [0.25, 0.3) is 0 Å². The third-order valence-corrected chi connectivity index (χ3v) is 5.88. The molecule has 4 nitrogen and oxygen atoms in total. The van der Waals surface area contributed by atoms with Crippen molar-refractivity contribution in [3.8, 4) is 11.5 Å². The lowest BCUT2D eigenvalue weighted by molar-refractivity contribution is 0.217.